The lowest BCUT2D eigenvalue weighted by Crippen LogP contribution is -2.27. The molecule has 5 nitrogen and oxygen atoms in total. The highest BCUT2D eigenvalue weighted by atomic mass is 32.2. The van der Waals surface area contributed by atoms with Gasteiger partial charge in [-0.1, -0.05) is 13.0 Å². The summed E-state index contributed by atoms with van der Waals surface area (Å²) in [6, 6.07) is 8.13. The highest BCUT2D eigenvalue weighted by Gasteiger charge is 2.18. The van der Waals surface area contributed by atoms with Gasteiger partial charge < -0.3 is 4.90 Å². The van der Waals surface area contributed by atoms with Crippen LogP contribution in [0, 0.1) is 6.92 Å². The zero-order valence-electron chi connectivity index (χ0n) is 13.4. The van der Waals surface area contributed by atoms with E-state index in [0.29, 0.717) is 18.7 Å². The van der Waals surface area contributed by atoms with Gasteiger partial charge in [0.05, 0.1) is 11.4 Å². The summed E-state index contributed by atoms with van der Waals surface area (Å²) in [6.07, 6.45) is 0. The van der Waals surface area contributed by atoms with Gasteiger partial charge in [0.15, 0.2) is 0 Å². The van der Waals surface area contributed by atoms with Gasteiger partial charge in [-0.15, -0.1) is 11.3 Å². The molecule has 1 aromatic heterocycles. The van der Waals surface area contributed by atoms with Crippen LogP contribution in [0.4, 0.5) is 0 Å². The molecule has 124 valence electrons. The lowest BCUT2D eigenvalue weighted by molar-refractivity contribution is 0.0786. The molecular formula is C16H20N2O3S2. The number of rotatable bonds is 6. The first-order chi connectivity index (χ1) is 10.8. The Balaban J connectivity index is 2.21. The number of thiophene rings is 1. The molecule has 1 heterocycles. The highest BCUT2D eigenvalue weighted by molar-refractivity contribution is 7.89. The molecule has 0 aliphatic heterocycles. The molecule has 0 saturated heterocycles. The quantitative estimate of drug-likeness (QED) is 0.869. The Bertz CT molecular complexity index is 797. The van der Waals surface area contributed by atoms with Crippen LogP contribution in [0.5, 0.6) is 0 Å². The summed E-state index contributed by atoms with van der Waals surface area (Å²) in [4.78, 5) is 15.4. The molecule has 0 fully saturated rings. The van der Waals surface area contributed by atoms with Crippen molar-refractivity contribution in [3.8, 4) is 0 Å². The Morgan fingerprint density at radius 3 is 2.65 bits per heavy atom. The van der Waals surface area contributed by atoms with E-state index < -0.39 is 10.0 Å². The second-order valence-electron chi connectivity index (χ2n) is 5.22. The van der Waals surface area contributed by atoms with Gasteiger partial charge in [-0.05, 0) is 42.1 Å². The molecule has 0 unspecified atom stereocenters. The fraction of sp³-hybridized carbons (Fsp3) is 0.312. The van der Waals surface area contributed by atoms with E-state index in [1.165, 1.54) is 12.1 Å². The maximum atomic E-state index is 12.5. The number of hydrogen-bond acceptors (Lipinski definition) is 4. The number of nitrogens with zero attached hydrogens (tertiary/aromatic N) is 1. The molecule has 0 radical (unpaired) electrons. The van der Waals surface area contributed by atoms with Crippen LogP contribution in [0.25, 0.3) is 0 Å². The predicted octanol–water partition coefficient (Wildman–Crippen LogP) is 2.63. The van der Waals surface area contributed by atoms with Gasteiger partial charge in [0, 0.05) is 24.0 Å². The summed E-state index contributed by atoms with van der Waals surface area (Å²) < 4.78 is 26.5. The molecular weight excluding hydrogens is 332 g/mol. The first-order valence-electron chi connectivity index (χ1n) is 7.23. The molecule has 2 aromatic rings. The lowest BCUT2D eigenvalue weighted by atomic mass is 10.2. The molecule has 2 rings (SSSR count). The Morgan fingerprint density at radius 2 is 2.04 bits per heavy atom. The SMILES string of the molecule is CCNS(=O)(=O)c1cccc(C(=O)N(C)Cc2sccc2C)c1. The molecule has 0 spiro atoms. The smallest absolute Gasteiger partial charge is 0.253 e. The van der Waals surface area contributed by atoms with Gasteiger partial charge in [0.2, 0.25) is 10.0 Å². The van der Waals surface area contributed by atoms with Gasteiger partial charge >= 0.3 is 0 Å². The zero-order chi connectivity index (χ0) is 17.0. The van der Waals surface area contributed by atoms with E-state index in [1.807, 2.05) is 18.4 Å². The topological polar surface area (TPSA) is 66.5 Å². The largest absolute Gasteiger partial charge is 0.337 e. The summed E-state index contributed by atoms with van der Waals surface area (Å²) in [5.41, 5.74) is 1.51. The average Bonchev–Trinajstić information content (AvgIpc) is 2.91. The van der Waals surface area contributed by atoms with E-state index >= 15 is 0 Å². The first kappa shape index (κ1) is 17.7. The molecule has 0 bridgehead atoms. The van der Waals surface area contributed by atoms with Crippen LogP contribution in [-0.2, 0) is 16.6 Å². The monoisotopic (exact) mass is 352 g/mol. The van der Waals surface area contributed by atoms with E-state index in [0.717, 1.165) is 10.4 Å². The third-order valence-electron chi connectivity index (χ3n) is 3.42. The van der Waals surface area contributed by atoms with Crippen LogP contribution in [0.15, 0.2) is 40.6 Å². The predicted molar refractivity (Wildman–Crippen MR) is 92.2 cm³/mol. The number of amides is 1. The number of hydrogen-bond donors (Lipinski definition) is 1. The van der Waals surface area contributed by atoms with E-state index in [2.05, 4.69) is 4.72 Å². The number of benzene rings is 1. The van der Waals surface area contributed by atoms with Crippen molar-refractivity contribution in [2.45, 2.75) is 25.3 Å². The number of sulfonamides is 1. The van der Waals surface area contributed by atoms with Crippen LogP contribution < -0.4 is 4.72 Å². The fourth-order valence-corrected chi connectivity index (χ4v) is 4.19. The summed E-state index contributed by atoms with van der Waals surface area (Å²) in [5.74, 6) is -0.202. The van der Waals surface area contributed by atoms with Crippen molar-refractivity contribution in [1.82, 2.24) is 9.62 Å². The average molecular weight is 352 g/mol. The van der Waals surface area contributed by atoms with Crippen LogP contribution >= 0.6 is 11.3 Å². The van der Waals surface area contributed by atoms with Crippen molar-refractivity contribution >= 4 is 27.3 Å². The molecule has 0 aliphatic rings. The second kappa shape index (κ2) is 7.25. The summed E-state index contributed by atoms with van der Waals surface area (Å²) in [7, 11) is -1.85. The van der Waals surface area contributed by atoms with Crippen molar-refractivity contribution in [3.05, 3.63) is 51.7 Å². The van der Waals surface area contributed by atoms with E-state index in [-0.39, 0.29) is 10.8 Å². The minimum absolute atomic E-state index is 0.103. The van der Waals surface area contributed by atoms with Gasteiger partial charge in [-0.25, -0.2) is 13.1 Å². The number of nitrogens with one attached hydrogen (secondary N) is 1. The second-order valence-corrected chi connectivity index (χ2v) is 7.98. The molecule has 0 aliphatic carbocycles. The Kier molecular flexibility index (Phi) is 5.56. The summed E-state index contributed by atoms with van der Waals surface area (Å²) in [6.45, 7) is 4.53. The number of aryl methyl sites for hydroxylation is 1. The van der Waals surface area contributed by atoms with E-state index in [9.17, 15) is 13.2 Å². The van der Waals surface area contributed by atoms with Gasteiger partial charge in [-0.2, -0.15) is 0 Å². The number of carbonyl (C=O) groups is 1. The van der Waals surface area contributed by atoms with E-state index in [1.54, 1.807) is 42.3 Å². The van der Waals surface area contributed by atoms with Crippen LogP contribution in [0.3, 0.4) is 0 Å². The Labute approximate surface area is 141 Å². The van der Waals surface area contributed by atoms with Crippen molar-refractivity contribution < 1.29 is 13.2 Å². The van der Waals surface area contributed by atoms with Gasteiger partial charge in [0.1, 0.15) is 0 Å². The molecule has 0 saturated carbocycles. The van der Waals surface area contributed by atoms with Crippen LogP contribution in [-0.4, -0.2) is 32.8 Å². The highest BCUT2D eigenvalue weighted by Crippen LogP contribution is 2.19. The molecule has 1 aromatic carbocycles. The Hall–Kier alpha value is -1.70. The Morgan fingerprint density at radius 1 is 1.30 bits per heavy atom. The third kappa shape index (κ3) is 4.19. The standard InChI is InChI=1S/C16H20N2O3S2/c1-4-17-23(20,21)14-7-5-6-13(10-14)16(19)18(3)11-15-12(2)8-9-22-15/h5-10,17H,4,11H2,1-3H3. The van der Waals surface area contributed by atoms with Crippen molar-refractivity contribution in [2.24, 2.45) is 0 Å². The summed E-state index contributed by atoms with van der Waals surface area (Å²) in [5, 5.41) is 1.99. The van der Waals surface area contributed by atoms with Crippen molar-refractivity contribution in [2.75, 3.05) is 13.6 Å². The van der Waals surface area contributed by atoms with Crippen molar-refractivity contribution in [3.63, 3.8) is 0 Å². The maximum absolute atomic E-state index is 12.5. The zero-order valence-corrected chi connectivity index (χ0v) is 15.0. The molecule has 0 atom stereocenters. The van der Waals surface area contributed by atoms with E-state index in [4.69, 9.17) is 0 Å². The van der Waals surface area contributed by atoms with Gasteiger partial charge in [-0.3, -0.25) is 4.79 Å². The number of carbonyl (C=O) groups excluding carboxylic acids is 1. The molecule has 7 heteroatoms. The summed E-state index contributed by atoms with van der Waals surface area (Å²) >= 11 is 1.60. The minimum atomic E-state index is -3.57. The fourth-order valence-electron chi connectivity index (χ4n) is 2.14. The van der Waals surface area contributed by atoms with Crippen molar-refractivity contribution in [1.29, 1.82) is 0 Å². The van der Waals surface area contributed by atoms with Gasteiger partial charge in [0.25, 0.3) is 5.91 Å². The van der Waals surface area contributed by atoms with Crippen LogP contribution in [0.1, 0.15) is 27.7 Å². The van der Waals surface area contributed by atoms with Crippen LogP contribution in [0.2, 0.25) is 0 Å². The molecule has 23 heavy (non-hydrogen) atoms. The minimum Gasteiger partial charge on any atom is -0.337 e. The molecule has 1 amide bonds. The third-order valence-corrected chi connectivity index (χ3v) is 5.97. The molecule has 1 N–H and O–H groups in total. The normalized spacial score (nSPS) is 11.4. The lowest BCUT2D eigenvalue weighted by Gasteiger charge is -2.17. The first-order valence-corrected chi connectivity index (χ1v) is 9.59. The maximum Gasteiger partial charge on any atom is 0.253 e.